The molecule has 3 rings (SSSR count). The van der Waals surface area contributed by atoms with Gasteiger partial charge in [-0.05, 0) is 36.6 Å². The molecule has 0 fully saturated rings. The van der Waals surface area contributed by atoms with Crippen LogP contribution in [0.25, 0.3) is 16.5 Å². The lowest BCUT2D eigenvalue weighted by molar-refractivity contribution is 0.331. The summed E-state index contributed by atoms with van der Waals surface area (Å²) in [5.74, 6) is 0. The van der Waals surface area contributed by atoms with Crippen molar-refractivity contribution in [3.63, 3.8) is 0 Å². The van der Waals surface area contributed by atoms with E-state index in [0.717, 1.165) is 34.3 Å². The number of fused-ring (bicyclic) bond motifs is 1. The summed E-state index contributed by atoms with van der Waals surface area (Å²) in [6.45, 7) is 4.80. The summed E-state index contributed by atoms with van der Waals surface area (Å²) < 4.78 is 2.06. The van der Waals surface area contributed by atoms with Crippen LogP contribution in [-0.4, -0.2) is 21.5 Å². The summed E-state index contributed by atoms with van der Waals surface area (Å²) in [5, 5.41) is 15.1. The third kappa shape index (κ3) is 3.47. The smallest absolute Gasteiger partial charge is 0.0958 e. The number of nitrogens with zero attached hydrogens (tertiary/aromatic N) is 2. The third-order valence-corrected chi connectivity index (χ3v) is 4.07. The van der Waals surface area contributed by atoms with E-state index in [1.54, 1.807) is 0 Å². The van der Waals surface area contributed by atoms with Crippen molar-refractivity contribution in [2.24, 2.45) is 0 Å². The molecule has 0 bridgehead atoms. The lowest BCUT2D eigenvalue weighted by Crippen LogP contribution is -2.01. The van der Waals surface area contributed by atoms with Crippen molar-refractivity contribution < 1.29 is 5.11 Å². The first-order valence-electron chi connectivity index (χ1n) is 8.14. The summed E-state index contributed by atoms with van der Waals surface area (Å²) in [5.41, 5.74) is 5.37. The van der Waals surface area contributed by atoms with Gasteiger partial charge in [0.25, 0.3) is 0 Å². The number of aliphatic hydroxyl groups excluding tert-OH is 1. The van der Waals surface area contributed by atoms with Gasteiger partial charge in [-0.3, -0.25) is 4.68 Å². The number of para-hydroxylation sites is 1. The minimum atomic E-state index is 0.0764. The molecule has 0 aliphatic rings. The van der Waals surface area contributed by atoms with Crippen LogP contribution in [0, 0.1) is 0 Å². The van der Waals surface area contributed by atoms with Gasteiger partial charge >= 0.3 is 0 Å². The Morgan fingerprint density at radius 2 is 1.71 bits per heavy atom. The summed E-state index contributed by atoms with van der Waals surface area (Å²) in [6.07, 6.45) is 3.97. The minimum absolute atomic E-state index is 0.0764. The molecule has 0 amide bonds. The van der Waals surface area contributed by atoms with Crippen molar-refractivity contribution in [2.45, 2.75) is 20.4 Å². The van der Waals surface area contributed by atoms with Crippen LogP contribution >= 0.6 is 0 Å². The quantitative estimate of drug-likeness (QED) is 0.707. The van der Waals surface area contributed by atoms with E-state index in [4.69, 9.17) is 10.2 Å². The van der Waals surface area contributed by atoms with E-state index < -0.39 is 0 Å². The zero-order chi connectivity index (χ0) is 16.9. The van der Waals surface area contributed by atoms with Crippen molar-refractivity contribution in [3.05, 3.63) is 83.6 Å². The Morgan fingerprint density at radius 3 is 2.46 bits per heavy atom. The molecular formula is C21H22N2O. The number of rotatable bonds is 5. The van der Waals surface area contributed by atoms with Gasteiger partial charge in [-0.25, -0.2) is 0 Å². The van der Waals surface area contributed by atoms with Gasteiger partial charge in [0.2, 0.25) is 0 Å². The number of hydrogen-bond donors (Lipinski definition) is 1. The molecule has 1 aromatic heterocycles. The molecule has 0 unspecified atom stereocenters. The number of aliphatic hydroxyl groups is 1. The molecule has 0 atom stereocenters. The Balaban J connectivity index is 2.03. The maximum Gasteiger partial charge on any atom is 0.0958 e. The lowest BCUT2D eigenvalue weighted by atomic mass is 10.1. The van der Waals surface area contributed by atoms with Crippen molar-refractivity contribution in [1.29, 1.82) is 0 Å². The summed E-state index contributed by atoms with van der Waals surface area (Å²) in [6, 6.07) is 18.7. The van der Waals surface area contributed by atoms with Gasteiger partial charge in [0.1, 0.15) is 0 Å². The number of allylic oxidation sites excluding steroid dienone is 3. The SMILES string of the molecule is C/C(=C\C=C(/C)c1nn(Cc2ccccc2)c2ccccc12)CO. The van der Waals surface area contributed by atoms with Crippen LogP contribution in [0.3, 0.4) is 0 Å². The van der Waals surface area contributed by atoms with E-state index in [1.165, 1.54) is 5.56 Å². The molecule has 0 radical (unpaired) electrons. The summed E-state index contributed by atoms with van der Waals surface area (Å²) >= 11 is 0. The second-order valence-electron chi connectivity index (χ2n) is 6.03. The van der Waals surface area contributed by atoms with E-state index in [2.05, 4.69) is 48.0 Å². The maximum atomic E-state index is 9.14. The molecule has 0 aliphatic carbocycles. The molecule has 3 heteroatoms. The zero-order valence-electron chi connectivity index (χ0n) is 14.1. The fourth-order valence-electron chi connectivity index (χ4n) is 2.69. The molecule has 0 aliphatic heterocycles. The molecule has 1 heterocycles. The Hall–Kier alpha value is -2.65. The average molecular weight is 318 g/mol. The van der Waals surface area contributed by atoms with Gasteiger partial charge < -0.3 is 5.11 Å². The predicted molar refractivity (Wildman–Crippen MR) is 99.8 cm³/mol. The number of hydrogen-bond acceptors (Lipinski definition) is 2. The van der Waals surface area contributed by atoms with E-state index in [9.17, 15) is 0 Å². The van der Waals surface area contributed by atoms with Gasteiger partial charge in [-0.1, -0.05) is 60.7 Å². The van der Waals surface area contributed by atoms with Crippen molar-refractivity contribution in [1.82, 2.24) is 9.78 Å². The van der Waals surface area contributed by atoms with Crippen LogP contribution in [0.1, 0.15) is 25.1 Å². The zero-order valence-corrected chi connectivity index (χ0v) is 14.1. The highest BCUT2D eigenvalue weighted by Crippen LogP contribution is 2.25. The van der Waals surface area contributed by atoms with Crippen LogP contribution in [0.4, 0.5) is 0 Å². The van der Waals surface area contributed by atoms with Crippen molar-refractivity contribution in [3.8, 4) is 0 Å². The molecule has 0 spiro atoms. The monoisotopic (exact) mass is 318 g/mol. The van der Waals surface area contributed by atoms with E-state index in [0.29, 0.717) is 0 Å². The van der Waals surface area contributed by atoms with Crippen LogP contribution in [0.5, 0.6) is 0 Å². The van der Waals surface area contributed by atoms with Crippen molar-refractivity contribution >= 4 is 16.5 Å². The van der Waals surface area contributed by atoms with Crippen LogP contribution < -0.4 is 0 Å². The highest BCUT2D eigenvalue weighted by molar-refractivity contribution is 5.90. The van der Waals surface area contributed by atoms with E-state index in [1.807, 2.05) is 37.3 Å². The second-order valence-corrected chi connectivity index (χ2v) is 6.03. The molecule has 122 valence electrons. The molecule has 2 aromatic carbocycles. The Kier molecular flexibility index (Phi) is 4.92. The topological polar surface area (TPSA) is 38.0 Å². The molecule has 1 N–H and O–H groups in total. The lowest BCUT2D eigenvalue weighted by Gasteiger charge is -2.03. The summed E-state index contributed by atoms with van der Waals surface area (Å²) in [7, 11) is 0. The molecule has 3 nitrogen and oxygen atoms in total. The first-order valence-corrected chi connectivity index (χ1v) is 8.14. The number of benzene rings is 2. The largest absolute Gasteiger partial charge is 0.392 e. The van der Waals surface area contributed by atoms with E-state index in [-0.39, 0.29) is 6.61 Å². The third-order valence-electron chi connectivity index (χ3n) is 4.07. The molecule has 3 aromatic rings. The fourth-order valence-corrected chi connectivity index (χ4v) is 2.69. The van der Waals surface area contributed by atoms with Gasteiger partial charge in [-0.15, -0.1) is 0 Å². The fraction of sp³-hybridized carbons (Fsp3) is 0.190. The number of aromatic nitrogens is 2. The molecule has 24 heavy (non-hydrogen) atoms. The average Bonchev–Trinajstić information content (AvgIpc) is 2.99. The first-order chi connectivity index (χ1) is 11.7. The van der Waals surface area contributed by atoms with Gasteiger partial charge in [0, 0.05) is 5.39 Å². The van der Waals surface area contributed by atoms with Gasteiger partial charge in [0.15, 0.2) is 0 Å². The van der Waals surface area contributed by atoms with Crippen LogP contribution in [0.2, 0.25) is 0 Å². The van der Waals surface area contributed by atoms with Crippen LogP contribution in [-0.2, 0) is 6.54 Å². The van der Waals surface area contributed by atoms with Gasteiger partial charge in [0.05, 0.1) is 24.4 Å². The Labute approximate surface area is 142 Å². The normalized spacial score (nSPS) is 12.8. The van der Waals surface area contributed by atoms with Crippen LogP contribution in [0.15, 0.2) is 72.3 Å². The van der Waals surface area contributed by atoms with E-state index >= 15 is 0 Å². The maximum absolute atomic E-state index is 9.14. The Bertz CT molecular complexity index is 889. The minimum Gasteiger partial charge on any atom is -0.392 e. The Morgan fingerprint density at radius 1 is 1.00 bits per heavy atom. The second kappa shape index (κ2) is 7.28. The highest BCUT2D eigenvalue weighted by Gasteiger charge is 2.11. The predicted octanol–water partition coefficient (Wildman–Crippen LogP) is 4.43. The standard InChI is InChI=1S/C21H22N2O/c1-16(15-24)12-13-17(2)21-19-10-6-7-11-20(19)23(22-21)14-18-8-4-3-5-9-18/h3-13,24H,14-15H2,1-2H3/b16-12+,17-13+. The first kappa shape index (κ1) is 16.2. The molecule has 0 saturated carbocycles. The summed E-state index contributed by atoms with van der Waals surface area (Å²) in [4.78, 5) is 0. The van der Waals surface area contributed by atoms with Gasteiger partial charge in [-0.2, -0.15) is 5.10 Å². The highest BCUT2D eigenvalue weighted by atomic mass is 16.3. The van der Waals surface area contributed by atoms with Crippen molar-refractivity contribution in [2.75, 3.05) is 6.61 Å². The molecular weight excluding hydrogens is 296 g/mol. The molecule has 0 saturated heterocycles.